The van der Waals surface area contributed by atoms with E-state index < -0.39 is 0 Å². The molecule has 1 aliphatic carbocycles. The van der Waals surface area contributed by atoms with Gasteiger partial charge < -0.3 is 9.64 Å². The first-order chi connectivity index (χ1) is 9.27. The Labute approximate surface area is 113 Å². The second kappa shape index (κ2) is 5.17. The molecule has 1 aromatic carbocycles. The first kappa shape index (κ1) is 12.4. The van der Waals surface area contributed by atoms with E-state index in [1.807, 2.05) is 37.4 Å². The Morgan fingerprint density at radius 1 is 1.26 bits per heavy atom. The number of ether oxygens (including phenoxy) is 1. The van der Waals surface area contributed by atoms with Crippen LogP contribution in [-0.2, 0) is 9.53 Å². The molecule has 2 atom stereocenters. The van der Waals surface area contributed by atoms with E-state index in [4.69, 9.17) is 4.74 Å². The molecular formula is C16H19NO2. The first-order valence-electron chi connectivity index (χ1n) is 6.94. The molecule has 3 heteroatoms. The highest BCUT2D eigenvalue weighted by molar-refractivity contribution is 5.85. The smallest absolute Gasteiger partial charge is 0.258 e. The maximum absolute atomic E-state index is 12.3. The Morgan fingerprint density at radius 2 is 2.05 bits per heavy atom. The zero-order valence-electron chi connectivity index (χ0n) is 11.2. The molecule has 100 valence electrons. The summed E-state index contributed by atoms with van der Waals surface area (Å²) in [6.07, 6.45) is 6.33. The maximum Gasteiger partial charge on any atom is 0.258 e. The van der Waals surface area contributed by atoms with Crippen LogP contribution in [0.4, 0.5) is 0 Å². The SMILES string of the molecule is CN(C(=O)[C@@H]1O[C@H]1c1ccccc1)C1=CCCCC1. The number of epoxide rings is 1. The highest BCUT2D eigenvalue weighted by Gasteiger charge is 2.47. The van der Waals surface area contributed by atoms with Crippen LogP contribution >= 0.6 is 0 Å². The summed E-state index contributed by atoms with van der Waals surface area (Å²) in [7, 11) is 1.86. The van der Waals surface area contributed by atoms with Crippen molar-refractivity contribution in [2.75, 3.05) is 7.05 Å². The summed E-state index contributed by atoms with van der Waals surface area (Å²) in [6, 6.07) is 9.95. The van der Waals surface area contributed by atoms with Crippen LogP contribution in [0.5, 0.6) is 0 Å². The molecular weight excluding hydrogens is 238 g/mol. The van der Waals surface area contributed by atoms with Gasteiger partial charge in [0.15, 0.2) is 6.10 Å². The van der Waals surface area contributed by atoms with E-state index in [0.29, 0.717) is 0 Å². The van der Waals surface area contributed by atoms with Crippen LogP contribution in [0, 0.1) is 0 Å². The normalized spacial score (nSPS) is 25.6. The Bertz CT molecular complexity index is 495. The fourth-order valence-corrected chi connectivity index (χ4v) is 2.65. The molecule has 0 N–H and O–H groups in total. The second-order valence-electron chi connectivity index (χ2n) is 5.23. The van der Waals surface area contributed by atoms with Crippen LogP contribution in [0.1, 0.15) is 37.4 Å². The van der Waals surface area contributed by atoms with Crippen LogP contribution in [0.25, 0.3) is 0 Å². The van der Waals surface area contributed by atoms with Crippen molar-refractivity contribution in [1.29, 1.82) is 0 Å². The number of hydrogen-bond acceptors (Lipinski definition) is 2. The number of nitrogens with zero attached hydrogens (tertiary/aromatic N) is 1. The summed E-state index contributed by atoms with van der Waals surface area (Å²) in [5.41, 5.74) is 2.24. The van der Waals surface area contributed by atoms with Gasteiger partial charge in [-0.05, 0) is 31.2 Å². The number of amides is 1. The van der Waals surface area contributed by atoms with Gasteiger partial charge in [0, 0.05) is 12.7 Å². The summed E-state index contributed by atoms with van der Waals surface area (Å²) in [5, 5.41) is 0. The van der Waals surface area contributed by atoms with Crippen LogP contribution in [0.15, 0.2) is 42.1 Å². The molecule has 0 unspecified atom stereocenters. The molecule has 19 heavy (non-hydrogen) atoms. The molecule has 3 rings (SSSR count). The number of carbonyl (C=O) groups is 1. The quantitative estimate of drug-likeness (QED) is 0.780. The predicted molar refractivity (Wildman–Crippen MR) is 73.4 cm³/mol. The Morgan fingerprint density at radius 3 is 2.74 bits per heavy atom. The second-order valence-corrected chi connectivity index (χ2v) is 5.23. The van der Waals surface area contributed by atoms with Gasteiger partial charge in [0.25, 0.3) is 5.91 Å². The lowest BCUT2D eigenvalue weighted by Gasteiger charge is -2.22. The van der Waals surface area contributed by atoms with Crippen LogP contribution in [0.2, 0.25) is 0 Å². The minimum atomic E-state index is -0.296. The van der Waals surface area contributed by atoms with Gasteiger partial charge in [-0.2, -0.15) is 0 Å². The highest BCUT2D eigenvalue weighted by Crippen LogP contribution is 2.40. The minimum absolute atomic E-state index is 0.0552. The summed E-state index contributed by atoms with van der Waals surface area (Å²) in [5.74, 6) is 0.0852. The standard InChI is InChI=1S/C16H19NO2/c1-17(13-10-6-3-7-11-13)16(18)15-14(19-15)12-8-4-2-5-9-12/h2,4-5,8-10,14-15H,3,6-7,11H2,1H3/t14-,15+/m0/s1. The average molecular weight is 257 g/mol. The third-order valence-corrected chi connectivity index (χ3v) is 3.89. The van der Waals surface area contributed by atoms with E-state index in [2.05, 4.69) is 6.08 Å². The Hall–Kier alpha value is -1.61. The third kappa shape index (κ3) is 2.56. The number of allylic oxidation sites excluding steroid dienone is 2. The number of rotatable bonds is 3. The topological polar surface area (TPSA) is 32.8 Å². The van der Waals surface area contributed by atoms with Crippen molar-refractivity contribution in [2.45, 2.75) is 37.9 Å². The van der Waals surface area contributed by atoms with Crippen molar-refractivity contribution in [1.82, 2.24) is 4.90 Å². The van der Waals surface area contributed by atoms with Gasteiger partial charge in [0.2, 0.25) is 0 Å². The zero-order valence-corrected chi connectivity index (χ0v) is 11.2. The molecule has 1 aromatic rings. The molecule has 0 radical (unpaired) electrons. The van der Waals surface area contributed by atoms with E-state index in [9.17, 15) is 4.79 Å². The van der Waals surface area contributed by atoms with Crippen LogP contribution in [-0.4, -0.2) is 24.0 Å². The summed E-state index contributed by atoms with van der Waals surface area (Å²) >= 11 is 0. The lowest BCUT2D eigenvalue weighted by atomic mass is 10.0. The van der Waals surface area contributed by atoms with Crippen molar-refractivity contribution in [3.63, 3.8) is 0 Å². The van der Waals surface area contributed by atoms with Crippen LogP contribution in [0.3, 0.4) is 0 Å². The number of benzene rings is 1. The van der Waals surface area contributed by atoms with Gasteiger partial charge in [-0.3, -0.25) is 4.79 Å². The van der Waals surface area contributed by atoms with Crippen molar-refractivity contribution in [3.05, 3.63) is 47.7 Å². The summed E-state index contributed by atoms with van der Waals surface area (Å²) in [4.78, 5) is 14.1. The van der Waals surface area contributed by atoms with E-state index in [1.54, 1.807) is 4.90 Å². The Kier molecular flexibility index (Phi) is 3.38. The highest BCUT2D eigenvalue weighted by atomic mass is 16.6. The molecule has 0 saturated carbocycles. The fourth-order valence-electron chi connectivity index (χ4n) is 2.65. The molecule has 1 saturated heterocycles. The average Bonchev–Trinajstić information content (AvgIpc) is 3.28. The van der Waals surface area contributed by atoms with Gasteiger partial charge in [0.1, 0.15) is 6.10 Å². The minimum Gasteiger partial charge on any atom is -0.354 e. The third-order valence-electron chi connectivity index (χ3n) is 3.89. The molecule has 0 aromatic heterocycles. The van der Waals surface area contributed by atoms with E-state index in [1.165, 1.54) is 12.8 Å². The van der Waals surface area contributed by atoms with Gasteiger partial charge in [0.05, 0.1) is 0 Å². The van der Waals surface area contributed by atoms with Gasteiger partial charge >= 0.3 is 0 Å². The summed E-state index contributed by atoms with van der Waals surface area (Å²) in [6.45, 7) is 0. The lowest BCUT2D eigenvalue weighted by molar-refractivity contribution is -0.129. The molecule has 2 aliphatic rings. The lowest BCUT2D eigenvalue weighted by Crippen LogP contribution is -2.31. The molecule has 1 heterocycles. The van der Waals surface area contributed by atoms with E-state index >= 15 is 0 Å². The molecule has 1 aliphatic heterocycles. The molecule has 1 fully saturated rings. The molecule has 1 amide bonds. The number of carbonyl (C=O) groups excluding carboxylic acids is 1. The van der Waals surface area contributed by atoms with E-state index in [0.717, 1.165) is 24.1 Å². The predicted octanol–water partition coefficient (Wildman–Crippen LogP) is 3.04. The maximum atomic E-state index is 12.3. The first-order valence-corrected chi connectivity index (χ1v) is 6.94. The largest absolute Gasteiger partial charge is 0.354 e. The van der Waals surface area contributed by atoms with Crippen molar-refractivity contribution in [3.8, 4) is 0 Å². The monoisotopic (exact) mass is 257 g/mol. The van der Waals surface area contributed by atoms with Crippen molar-refractivity contribution in [2.24, 2.45) is 0 Å². The van der Waals surface area contributed by atoms with Gasteiger partial charge in [-0.1, -0.05) is 36.4 Å². The van der Waals surface area contributed by atoms with Crippen LogP contribution < -0.4 is 0 Å². The van der Waals surface area contributed by atoms with Gasteiger partial charge in [-0.25, -0.2) is 0 Å². The Balaban J connectivity index is 1.65. The van der Waals surface area contributed by atoms with E-state index in [-0.39, 0.29) is 18.1 Å². The molecule has 3 nitrogen and oxygen atoms in total. The summed E-state index contributed by atoms with van der Waals surface area (Å²) < 4.78 is 5.56. The fraction of sp³-hybridized carbons (Fsp3) is 0.438. The van der Waals surface area contributed by atoms with Crippen molar-refractivity contribution < 1.29 is 9.53 Å². The number of likely N-dealkylation sites (N-methyl/N-ethyl adjacent to an activating group) is 1. The van der Waals surface area contributed by atoms with Crippen molar-refractivity contribution >= 4 is 5.91 Å². The zero-order chi connectivity index (χ0) is 13.2. The van der Waals surface area contributed by atoms with Gasteiger partial charge in [-0.15, -0.1) is 0 Å². The molecule has 0 spiro atoms. The number of hydrogen-bond donors (Lipinski definition) is 0. The molecule has 0 bridgehead atoms.